The van der Waals surface area contributed by atoms with Crippen LogP contribution in [0.1, 0.15) is 25.3 Å². The Morgan fingerprint density at radius 2 is 1.69 bits per heavy atom. The van der Waals surface area contributed by atoms with Crippen molar-refractivity contribution in [2.24, 2.45) is 0 Å². The van der Waals surface area contributed by atoms with Gasteiger partial charge in [0.05, 0.1) is 13.2 Å². The van der Waals surface area contributed by atoms with Crippen LogP contribution < -0.4 is 0 Å². The number of piperidine rings is 1. The Hall–Kier alpha value is -2.20. The summed E-state index contributed by atoms with van der Waals surface area (Å²) in [4.78, 5) is 24.8. The predicted octanol–water partition coefficient (Wildman–Crippen LogP) is 2.67. The van der Waals surface area contributed by atoms with E-state index in [-0.39, 0.29) is 17.3 Å². The van der Waals surface area contributed by atoms with Gasteiger partial charge in [-0.1, -0.05) is 12.1 Å². The highest BCUT2D eigenvalue weighted by Crippen LogP contribution is 2.33. The Balaban J connectivity index is 0.000000370. The highest BCUT2D eigenvalue weighted by atomic mass is 19.4. The Bertz CT molecular complexity index is 701. The second-order valence-electron chi connectivity index (χ2n) is 7.13. The second-order valence-corrected chi connectivity index (χ2v) is 7.13. The van der Waals surface area contributed by atoms with Gasteiger partial charge >= 0.3 is 12.1 Å². The van der Waals surface area contributed by atoms with Gasteiger partial charge in [0.1, 0.15) is 5.82 Å². The summed E-state index contributed by atoms with van der Waals surface area (Å²) in [5.41, 5.74) is 1.13. The standard InChI is InChI=1S/C17H23FN2O2.C2HF3O2/c1-14(21)19-8-6-17(7-9-19)13-22-11-10-20(17)12-15-2-4-16(18)5-3-15;3-2(4,5)1(6)7/h2-5H,6-13H2,1H3;(H,6,7). The summed E-state index contributed by atoms with van der Waals surface area (Å²) in [6, 6.07) is 6.73. The van der Waals surface area contributed by atoms with Crippen LogP contribution in [0, 0.1) is 5.82 Å². The zero-order chi connectivity index (χ0) is 21.7. The summed E-state index contributed by atoms with van der Waals surface area (Å²) in [7, 11) is 0. The van der Waals surface area contributed by atoms with Crippen molar-refractivity contribution in [2.45, 2.75) is 38.0 Å². The van der Waals surface area contributed by atoms with Crippen LogP contribution in [0.4, 0.5) is 17.6 Å². The molecule has 0 saturated carbocycles. The van der Waals surface area contributed by atoms with E-state index in [0.717, 1.165) is 57.8 Å². The van der Waals surface area contributed by atoms with E-state index in [4.69, 9.17) is 14.6 Å². The minimum absolute atomic E-state index is 0.0125. The van der Waals surface area contributed by atoms with Gasteiger partial charge in [-0.05, 0) is 30.5 Å². The first-order valence-electron chi connectivity index (χ1n) is 9.16. The maximum Gasteiger partial charge on any atom is 0.490 e. The lowest BCUT2D eigenvalue weighted by Crippen LogP contribution is -2.61. The molecule has 1 spiro atoms. The second kappa shape index (κ2) is 9.53. The molecule has 1 aromatic rings. The average Bonchev–Trinajstić information content (AvgIpc) is 2.65. The molecule has 0 aromatic heterocycles. The molecule has 2 saturated heterocycles. The van der Waals surface area contributed by atoms with Crippen LogP contribution in [-0.2, 0) is 20.9 Å². The normalized spacial score (nSPS) is 19.4. The van der Waals surface area contributed by atoms with Gasteiger partial charge in [0.15, 0.2) is 0 Å². The predicted molar refractivity (Wildman–Crippen MR) is 95.5 cm³/mol. The van der Waals surface area contributed by atoms with E-state index in [1.807, 2.05) is 17.0 Å². The van der Waals surface area contributed by atoms with Crippen molar-refractivity contribution in [1.29, 1.82) is 0 Å². The first-order valence-corrected chi connectivity index (χ1v) is 9.16. The van der Waals surface area contributed by atoms with Gasteiger partial charge in [0.25, 0.3) is 0 Å². The zero-order valence-electron chi connectivity index (χ0n) is 16.0. The van der Waals surface area contributed by atoms with Crippen LogP contribution in [0.3, 0.4) is 0 Å². The molecule has 0 atom stereocenters. The Labute approximate surface area is 166 Å². The molecule has 2 fully saturated rings. The summed E-state index contributed by atoms with van der Waals surface area (Å²) in [6.07, 6.45) is -3.21. The van der Waals surface area contributed by atoms with Crippen LogP contribution in [0.5, 0.6) is 0 Å². The fourth-order valence-corrected chi connectivity index (χ4v) is 3.52. The molecule has 6 nitrogen and oxygen atoms in total. The molecule has 10 heteroatoms. The first-order chi connectivity index (χ1) is 13.5. The maximum atomic E-state index is 13.1. The number of benzene rings is 1. The number of carbonyl (C=O) groups excluding carboxylic acids is 1. The monoisotopic (exact) mass is 420 g/mol. The van der Waals surface area contributed by atoms with Crippen molar-refractivity contribution in [3.05, 3.63) is 35.6 Å². The van der Waals surface area contributed by atoms with E-state index in [2.05, 4.69) is 4.90 Å². The number of likely N-dealkylation sites (tertiary alicyclic amines) is 1. The lowest BCUT2D eigenvalue weighted by atomic mass is 9.85. The maximum absolute atomic E-state index is 13.1. The Morgan fingerprint density at radius 3 is 2.17 bits per heavy atom. The molecular formula is C19H24F4N2O4. The van der Waals surface area contributed by atoms with Crippen molar-refractivity contribution >= 4 is 11.9 Å². The highest BCUT2D eigenvalue weighted by molar-refractivity contribution is 5.73. The van der Waals surface area contributed by atoms with Crippen molar-refractivity contribution in [1.82, 2.24) is 9.80 Å². The Morgan fingerprint density at radius 1 is 1.14 bits per heavy atom. The molecule has 0 aliphatic carbocycles. The number of nitrogens with zero attached hydrogens (tertiary/aromatic N) is 2. The van der Waals surface area contributed by atoms with E-state index < -0.39 is 12.1 Å². The van der Waals surface area contributed by atoms with E-state index in [9.17, 15) is 22.4 Å². The molecule has 1 aromatic carbocycles. The first kappa shape index (κ1) is 23.1. The van der Waals surface area contributed by atoms with Gasteiger partial charge in [0.2, 0.25) is 5.91 Å². The SMILES string of the molecule is CC(=O)N1CCC2(CC1)COCCN2Cc1ccc(F)cc1.O=C(O)C(F)(F)F. The lowest BCUT2D eigenvalue weighted by molar-refractivity contribution is -0.192. The van der Waals surface area contributed by atoms with Crippen molar-refractivity contribution < 1.29 is 37.0 Å². The smallest absolute Gasteiger partial charge is 0.475 e. The molecule has 1 N–H and O–H groups in total. The Kier molecular flexibility index (Phi) is 7.59. The van der Waals surface area contributed by atoms with Gasteiger partial charge in [-0.3, -0.25) is 9.69 Å². The van der Waals surface area contributed by atoms with Crippen molar-refractivity contribution in [2.75, 3.05) is 32.8 Å². The quantitative estimate of drug-likeness (QED) is 0.745. The molecule has 162 valence electrons. The summed E-state index contributed by atoms with van der Waals surface area (Å²) in [5, 5.41) is 7.12. The highest BCUT2D eigenvalue weighted by Gasteiger charge is 2.42. The molecule has 2 aliphatic heterocycles. The van der Waals surface area contributed by atoms with E-state index in [1.165, 1.54) is 12.1 Å². The molecule has 2 aliphatic rings. The number of aliphatic carboxylic acids is 1. The summed E-state index contributed by atoms with van der Waals surface area (Å²) in [6.45, 7) is 6.36. The van der Waals surface area contributed by atoms with Gasteiger partial charge < -0.3 is 14.7 Å². The van der Waals surface area contributed by atoms with E-state index in [1.54, 1.807) is 6.92 Å². The van der Waals surface area contributed by atoms with Crippen LogP contribution in [0.2, 0.25) is 0 Å². The van der Waals surface area contributed by atoms with E-state index >= 15 is 0 Å². The number of carboxylic acid groups (broad SMARTS) is 1. The summed E-state index contributed by atoms with van der Waals surface area (Å²) >= 11 is 0. The number of carboxylic acids is 1. The fourth-order valence-electron chi connectivity index (χ4n) is 3.52. The third-order valence-corrected chi connectivity index (χ3v) is 5.22. The number of morpholine rings is 1. The van der Waals surface area contributed by atoms with Gasteiger partial charge in [-0.25, -0.2) is 9.18 Å². The number of halogens is 4. The third-order valence-electron chi connectivity index (χ3n) is 5.22. The van der Waals surface area contributed by atoms with Crippen LogP contribution in [0.25, 0.3) is 0 Å². The fraction of sp³-hybridized carbons (Fsp3) is 0.579. The molecule has 0 unspecified atom stereocenters. The van der Waals surface area contributed by atoms with Gasteiger partial charge in [0, 0.05) is 38.6 Å². The number of alkyl halides is 3. The molecule has 1 amide bonds. The van der Waals surface area contributed by atoms with Gasteiger partial charge in [-0.15, -0.1) is 0 Å². The average molecular weight is 420 g/mol. The van der Waals surface area contributed by atoms with Crippen LogP contribution in [0.15, 0.2) is 24.3 Å². The van der Waals surface area contributed by atoms with Crippen molar-refractivity contribution in [3.8, 4) is 0 Å². The summed E-state index contributed by atoms with van der Waals surface area (Å²) in [5.74, 6) is -2.81. The minimum Gasteiger partial charge on any atom is -0.475 e. The number of hydrogen-bond donors (Lipinski definition) is 1. The molecule has 0 bridgehead atoms. The largest absolute Gasteiger partial charge is 0.490 e. The molecule has 29 heavy (non-hydrogen) atoms. The third kappa shape index (κ3) is 6.40. The van der Waals surface area contributed by atoms with Gasteiger partial charge in [-0.2, -0.15) is 13.2 Å². The van der Waals surface area contributed by atoms with Crippen molar-refractivity contribution in [3.63, 3.8) is 0 Å². The zero-order valence-corrected chi connectivity index (χ0v) is 16.0. The molecule has 3 rings (SSSR count). The molecule has 0 radical (unpaired) electrons. The summed E-state index contributed by atoms with van der Waals surface area (Å²) < 4.78 is 50.5. The molecule has 2 heterocycles. The minimum atomic E-state index is -5.08. The lowest BCUT2D eigenvalue weighted by Gasteiger charge is -2.51. The number of rotatable bonds is 2. The topological polar surface area (TPSA) is 70.1 Å². The van der Waals surface area contributed by atoms with Crippen LogP contribution >= 0.6 is 0 Å². The number of hydrogen-bond acceptors (Lipinski definition) is 4. The molecular weight excluding hydrogens is 396 g/mol. The van der Waals surface area contributed by atoms with E-state index in [0.29, 0.717) is 0 Å². The number of ether oxygens (including phenoxy) is 1. The number of amides is 1. The number of carbonyl (C=O) groups is 2. The van der Waals surface area contributed by atoms with Crippen LogP contribution in [-0.4, -0.2) is 71.3 Å².